The Bertz CT molecular complexity index is 831. The van der Waals surface area contributed by atoms with E-state index >= 15 is 0 Å². The van der Waals surface area contributed by atoms with Gasteiger partial charge in [-0.3, -0.25) is 14.5 Å². The minimum atomic E-state index is -0.250. The highest BCUT2D eigenvalue weighted by atomic mass is 16.5. The van der Waals surface area contributed by atoms with Crippen LogP contribution in [0, 0.1) is 11.8 Å². The molecule has 1 saturated heterocycles. The number of rotatable bonds is 45. The monoisotopic (exact) mass is 852 g/mol. The molecule has 0 aromatic heterocycles. The summed E-state index contributed by atoms with van der Waals surface area (Å²) in [5.74, 6) is 1.75. The molecular weight excluding hydrogens is 747 g/mol. The summed E-state index contributed by atoms with van der Waals surface area (Å²) in [5.41, 5.74) is 0. The molecule has 1 fully saturated rings. The van der Waals surface area contributed by atoms with E-state index < -0.39 is 0 Å². The Morgan fingerprint density at radius 2 is 0.900 bits per heavy atom. The van der Waals surface area contributed by atoms with E-state index in [2.05, 4.69) is 32.6 Å². The molecule has 1 heterocycles. The highest BCUT2D eigenvalue weighted by Gasteiger charge is 2.13. The van der Waals surface area contributed by atoms with Crippen LogP contribution in [-0.2, 0) is 23.8 Å². The molecule has 1 atom stereocenters. The maximum Gasteiger partial charge on any atom is 0.305 e. The standard InChI is InChI=1S/C52H103NO4.CH2O2/c1-5-9-23-33-49(34-24-10-6-2)37-27-19-15-13-14-16-20-28-38-51(56-45-32-31-42-53-43-47-55-48-44-53)39-29-21-17-18-22-30-40-52(54)57-46-41-50(35-25-11-7-3)36-26-12-8-4;2-1-3/h49-51H,5-48H2,1-4H3;1H,(H,2,3). The summed E-state index contributed by atoms with van der Waals surface area (Å²) < 4.78 is 17.8. The number of nitrogens with zero attached hydrogens (tertiary/aromatic N) is 1. The maximum atomic E-state index is 12.4. The highest BCUT2D eigenvalue weighted by molar-refractivity contribution is 5.69. The Balaban J connectivity index is 0.0000112. The Morgan fingerprint density at radius 3 is 1.35 bits per heavy atom. The minimum Gasteiger partial charge on any atom is -0.483 e. The first kappa shape index (κ1) is 58.8. The van der Waals surface area contributed by atoms with Crippen molar-refractivity contribution in [1.82, 2.24) is 4.90 Å². The molecule has 0 aromatic carbocycles. The van der Waals surface area contributed by atoms with Crippen molar-refractivity contribution in [3.63, 3.8) is 0 Å². The lowest BCUT2D eigenvalue weighted by Crippen LogP contribution is -2.36. The van der Waals surface area contributed by atoms with Crippen LogP contribution in [0.2, 0.25) is 0 Å². The molecule has 0 aliphatic carbocycles. The van der Waals surface area contributed by atoms with Crippen molar-refractivity contribution in [2.45, 2.75) is 271 Å². The maximum absolute atomic E-state index is 12.4. The van der Waals surface area contributed by atoms with Gasteiger partial charge in [-0.2, -0.15) is 0 Å². The van der Waals surface area contributed by atoms with Gasteiger partial charge in [0.2, 0.25) is 0 Å². The molecule has 0 radical (unpaired) electrons. The summed E-state index contributed by atoms with van der Waals surface area (Å²) in [6.07, 6.45) is 48.8. The predicted octanol–water partition coefficient (Wildman–Crippen LogP) is 15.7. The Hall–Kier alpha value is -1.18. The summed E-state index contributed by atoms with van der Waals surface area (Å²) in [6, 6.07) is 0. The van der Waals surface area contributed by atoms with Crippen molar-refractivity contribution in [1.29, 1.82) is 0 Å². The molecule has 60 heavy (non-hydrogen) atoms. The van der Waals surface area contributed by atoms with Gasteiger partial charge in [0.05, 0.1) is 25.9 Å². The van der Waals surface area contributed by atoms with Gasteiger partial charge < -0.3 is 19.3 Å². The third kappa shape index (κ3) is 42.1. The third-order valence-corrected chi connectivity index (χ3v) is 13.0. The lowest BCUT2D eigenvalue weighted by molar-refractivity contribution is -0.144. The van der Waals surface area contributed by atoms with Crippen molar-refractivity contribution < 1.29 is 28.9 Å². The Morgan fingerprint density at radius 1 is 0.517 bits per heavy atom. The SMILES string of the molecule is CCCCCC(CCCCC)CCCCCCCCCCC(CCCCCCCCC(=O)OCCC(CCCCC)CCCCC)OCCCCN1CCOCC1.O=CO. The van der Waals surface area contributed by atoms with Crippen molar-refractivity contribution in [3.05, 3.63) is 0 Å². The molecule has 1 aliphatic heterocycles. The molecular formula is C53H105NO6. The number of hydrogen-bond donors (Lipinski definition) is 1. The molecule has 0 saturated carbocycles. The van der Waals surface area contributed by atoms with Gasteiger partial charge in [0.15, 0.2) is 0 Å². The molecule has 1 N–H and O–H groups in total. The zero-order valence-electron chi connectivity index (χ0n) is 40.9. The van der Waals surface area contributed by atoms with E-state index in [-0.39, 0.29) is 12.4 Å². The zero-order valence-corrected chi connectivity index (χ0v) is 40.9. The van der Waals surface area contributed by atoms with Crippen LogP contribution in [0.1, 0.15) is 265 Å². The van der Waals surface area contributed by atoms with Gasteiger partial charge in [-0.25, -0.2) is 0 Å². The van der Waals surface area contributed by atoms with Crippen molar-refractivity contribution in [2.24, 2.45) is 11.8 Å². The van der Waals surface area contributed by atoms with Crippen LogP contribution in [-0.4, -0.2) is 74.6 Å². The van der Waals surface area contributed by atoms with Gasteiger partial charge >= 0.3 is 5.97 Å². The second-order valence-corrected chi connectivity index (χ2v) is 18.5. The number of carbonyl (C=O) groups is 2. The minimum absolute atomic E-state index is 0.0236. The number of ether oxygens (including phenoxy) is 3. The van der Waals surface area contributed by atoms with E-state index in [1.807, 2.05) is 0 Å². The predicted molar refractivity (Wildman–Crippen MR) is 257 cm³/mol. The fourth-order valence-corrected chi connectivity index (χ4v) is 9.05. The number of morpholine rings is 1. The van der Waals surface area contributed by atoms with Gasteiger partial charge in [0, 0.05) is 26.1 Å². The fourth-order valence-electron chi connectivity index (χ4n) is 9.05. The number of carbonyl (C=O) groups excluding carboxylic acids is 1. The molecule has 358 valence electrons. The van der Waals surface area contributed by atoms with Gasteiger partial charge in [-0.05, 0) is 56.9 Å². The van der Waals surface area contributed by atoms with E-state index in [1.54, 1.807) is 0 Å². The van der Waals surface area contributed by atoms with Gasteiger partial charge in [-0.15, -0.1) is 0 Å². The van der Waals surface area contributed by atoms with Crippen molar-refractivity contribution in [2.75, 3.05) is 46.1 Å². The summed E-state index contributed by atoms with van der Waals surface area (Å²) >= 11 is 0. The van der Waals surface area contributed by atoms with Gasteiger partial charge in [0.1, 0.15) is 0 Å². The van der Waals surface area contributed by atoms with Crippen LogP contribution in [0.3, 0.4) is 0 Å². The third-order valence-electron chi connectivity index (χ3n) is 13.0. The van der Waals surface area contributed by atoms with E-state index in [1.165, 1.54) is 218 Å². The molecule has 1 aliphatic rings. The normalized spacial score (nSPS) is 13.8. The van der Waals surface area contributed by atoms with Crippen molar-refractivity contribution >= 4 is 12.4 Å². The summed E-state index contributed by atoms with van der Waals surface area (Å²) in [5, 5.41) is 6.89. The van der Waals surface area contributed by atoms with Crippen LogP contribution < -0.4 is 0 Å². The molecule has 1 rings (SSSR count). The average Bonchev–Trinajstić information content (AvgIpc) is 3.25. The second kappa shape index (κ2) is 48.8. The van der Waals surface area contributed by atoms with Crippen LogP contribution in [0.15, 0.2) is 0 Å². The average molecular weight is 852 g/mol. The van der Waals surface area contributed by atoms with Crippen molar-refractivity contribution in [3.8, 4) is 0 Å². The lowest BCUT2D eigenvalue weighted by atomic mass is 9.90. The van der Waals surface area contributed by atoms with Crippen LogP contribution in [0.25, 0.3) is 0 Å². The van der Waals surface area contributed by atoms with Crippen LogP contribution >= 0.6 is 0 Å². The molecule has 7 heteroatoms. The molecule has 1 unspecified atom stereocenters. The number of hydrogen-bond acceptors (Lipinski definition) is 6. The van der Waals surface area contributed by atoms with E-state index in [9.17, 15) is 4.79 Å². The van der Waals surface area contributed by atoms with Crippen LogP contribution in [0.5, 0.6) is 0 Å². The summed E-state index contributed by atoms with van der Waals surface area (Å²) in [6.45, 7) is 15.7. The number of esters is 1. The largest absolute Gasteiger partial charge is 0.483 e. The van der Waals surface area contributed by atoms with E-state index in [0.717, 1.165) is 64.0 Å². The Labute approximate surface area is 374 Å². The zero-order chi connectivity index (χ0) is 43.8. The number of unbranched alkanes of at least 4 members (excludes halogenated alkanes) is 21. The van der Waals surface area contributed by atoms with E-state index in [4.69, 9.17) is 24.1 Å². The summed E-state index contributed by atoms with van der Waals surface area (Å²) in [4.78, 5) is 23.3. The second-order valence-electron chi connectivity index (χ2n) is 18.5. The Kier molecular flexibility index (Phi) is 47.9. The molecule has 0 amide bonds. The molecule has 0 aromatic rings. The fraction of sp³-hybridized carbons (Fsp3) is 0.962. The molecule has 0 spiro atoms. The smallest absolute Gasteiger partial charge is 0.305 e. The quantitative estimate of drug-likeness (QED) is 0.0371. The van der Waals surface area contributed by atoms with Gasteiger partial charge in [-0.1, -0.05) is 220 Å². The lowest BCUT2D eigenvalue weighted by Gasteiger charge is -2.26. The van der Waals surface area contributed by atoms with E-state index in [0.29, 0.717) is 19.1 Å². The first-order chi connectivity index (χ1) is 29.5. The van der Waals surface area contributed by atoms with Crippen LogP contribution in [0.4, 0.5) is 0 Å². The highest BCUT2D eigenvalue weighted by Crippen LogP contribution is 2.25. The molecule has 0 bridgehead atoms. The first-order valence-corrected chi connectivity index (χ1v) is 26.7. The number of carboxylic acid groups (broad SMARTS) is 1. The summed E-state index contributed by atoms with van der Waals surface area (Å²) in [7, 11) is 0. The first-order valence-electron chi connectivity index (χ1n) is 26.7. The molecule has 7 nitrogen and oxygen atoms in total. The van der Waals surface area contributed by atoms with Gasteiger partial charge in [0.25, 0.3) is 6.47 Å². The topological polar surface area (TPSA) is 85.3 Å².